The second-order valence-corrected chi connectivity index (χ2v) is 6.86. The quantitative estimate of drug-likeness (QED) is 0.633. The van der Waals surface area contributed by atoms with Crippen LogP contribution in [-0.2, 0) is 11.3 Å². The molecule has 7 heteroatoms. The lowest BCUT2D eigenvalue weighted by molar-refractivity contribution is -0.123. The van der Waals surface area contributed by atoms with E-state index in [1.807, 2.05) is 36.5 Å². The van der Waals surface area contributed by atoms with Crippen LogP contribution in [0.2, 0.25) is 0 Å². The highest BCUT2D eigenvalue weighted by Crippen LogP contribution is 2.24. The van der Waals surface area contributed by atoms with Crippen LogP contribution in [0.4, 0.5) is 4.39 Å². The van der Waals surface area contributed by atoms with E-state index in [4.69, 9.17) is 0 Å². The summed E-state index contributed by atoms with van der Waals surface area (Å²) in [6.07, 6.45) is 1.77. The third-order valence-electron chi connectivity index (χ3n) is 4.81. The fraction of sp³-hybridized carbons (Fsp3) is 0.238. The van der Waals surface area contributed by atoms with Crippen molar-refractivity contribution in [1.82, 2.24) is 20.4 Å². The summed E-state index contributed by atoms with van der Waals surface area (Å²) in [4.78, 5) is 12.4. The summed E-state index contributed by atoms with van der Waals surface area (Å²) >= 11 is 0. The molecule has 4 rings (SSSR count). The van der Waals surface area contributed by atoms with Gasteiger partial charge in [-0.15, -0.1) is 0 Å². The molecule has 0 aliphatic carbocycles. The molecule has 2 aromatic carbocycles. The number of hydrogen-bond acceptors (Lipinski definition) is 4. The van der Waals surface area contributed by atoms with Crippen molar-refractivity contribution in [2.45, 2.75) is 25.1 Å². The van der Waals surface area contributed by atoms with E-state index in [0.29, 0.717) is 18.7 Å². The molecular formula is C21H21FN4O2. The van der Waals surface area contributed by atoms with E-state index >= 15 is 0 Å². The van der Waals surface area contributed by atoms with E-state index in [2.05, 4.69) is 15.7 Å². The molecule has 2 atom stereocenters. The van der Waals surface area contributed by atoms with Crippen LogP contribution in [0.1, 0.15) is 12.0 Å². The van der Waals surface area contributed by atoms with E-state index in [0.717, 1.165) is 16.8 Å². The van der Waals surface area contributed by atoms with Gasteiger partial charge >= 0.3 is 0 Å². The lowest BCUT2D eigenvalue weighted by Gasteiger charge is -2.11. The summed E-state index contributed by atoms with van der Waals surface area (Å²) in [6.45, 7) is 0.706. The minimum Gasteiger partial charge on any atom is -0.392 e. The predicted molar refractivity (Wildman–Crippen MR) is 103 cm³/mol. The Hall–Kier alpha value is -3.03. The number of carbonyl (C=O) groups excluding carboxylic acids is 1. The molecule has 0 unspecified atom stereocenters. The average molecular weight is 380 g/mol. The molecule has 0 bridgehead atoms. The van der Waals surface area contributed by atoms with Gasteiger partial charge in [-0.1, -0.05) is 18.2 Å². The Kier molecular flexibility index (Phi) is 5.18. The molecule has 1 fully saturated rings. The van der Waals surface area contributed by atoms with Gasteiger partial charge in [0.2, 0.25) is 5.91 Å². The van der Waals surface area contributed by atoms with Crippen molar-refractivity contribution in [3.8, 4) is 16.9 Å². The van der Waals surface area contributed by atoms with Crippen LogP contribution >= 0.6 is 0 Å². The number of aliphatic hydroxyl groups is 1. The largest absolute Gasteiger partial charge is 0.392 e. The van der Waals surface area contributed by atoms with Crippen molar-refractivity contribution < 1.29 is 14.3 Å². The van der Waals surface area contributed by atoms with Crippen LogP contribution in [0.3, 0.4) is 0 Å². The SMILES string of the molecule is O=C(NCc1cn(-c2ccccc2)nc1-c1ccc(F)cc1)[C@H]1C[C@@H](O)CN1. The normalized spacial score (nSPS) is 18.9. The minimum atomic E-state index is -0.494. The summed E-state index contributed by atoms with van der Waals surface area (Å²) in [6, 6.07) is 15.4. The molecule has 1 amide bonds. The van der Waals surface area contributed by atoms with Crippen LogP contribution < -0.4 is 10.6 Å². The van der Waals surface area contributed by atoms with Gasteiger partial charge in [0, 0.05) is 30.4 Å². The Bertz CT molecular complexity index is 956. The summed E-state index contributed by atoms with van der Waals surface area (Å²) in [5, 5.41) is 20.2. The molecule has 1 aromatic heterocycles. The predicted octanol–water partition coefficient (Wildman–Crippen LogP) is 2.02. The maximum absolute atomic E-state index is 13.3. The molecule has 2 heterocycles. The minimum absolute atomic E-state index is 0.158. The lowest BCUT2D eigenvalue weighted by atomic mass is 10.1. The number of para-hydroxylation sites is 1. The molecule has 0 spiro atoms. The van der Waals surface area contributed by atoms with Crippen molar-refractivity contribution in [3.05, 3.63) is 72.2 Å². The van der Waals surface area contributed by atoms with E-state index in [1.54, 1.807) is 16.8 Å². The van der Waals surface area contributed by atoms with Gasteiger partial charge in [-0.2, -0.15) is 5.10 Å². The first-order valence-electron chi connectivity index (χ1n) is 9.19. The first-order valence-corrected chi connectivity index (χ1v) is 9.19. The first kappa shape index (κ1) is 18.3. The Morgan fingerprint density at radius 3 is 2.64 bits per heavy atom. The summed E-state index contributed by atoms with van der Waals surface area (Å²) in [5.41, 5.74) is 3.17. The van der Waals surface area contributed by atoms with Gasteiger partial charge in [0.05, 0.1) is 23.5 Å². The zero-order valence-corrected chi connectivity index (χ0v) is 15.2. The lowest BCUT2D eigenvalue weighted by Crippen LogP contribution is -2.40. The molecule has 3 N–H and O–H groups in total. The number of hydrogen-bond donors (Lipinski definition) is 3. The van der Waals surface area contributed by atoms with Crippen molar-refractivity contribution in [2.75, 3.05) is 6.54 Å². The highest BCUT2D eigenvalue weighted by Gasteiger charge is 2.28. The molecule has 0 saturated carbocycles. The molecule has 0 radical (unpaired) electrons. The van der Waals surface area contributed by atoms with E-state index in [1.165, 1.54) is 12.1 Å². The number of nitrogens with zero attached hydrogens (tertiary/aromatic N) is 2. The Morgan fingerprint density at radius 2 is 1.96 bits per heavy atom. The number of benzene rings is 2. The number of rotatable bonds is 5. The number of aromatic nitrogens is 2. The Balaban J connectivity index is 1.60. The topological polar surface area (TPSA) is 79.2 Å². The van der Waals surface area contributed by atoms with E-state index < -0.39 is 12.1 Å². The van der Waals surface area contributed by atoms with Gasteiger partial charge < -0.3 is 15.7 Å². The standard InChI is InChI=1S/C21H21FN4O2/c22-16-8-6-14(7-9-16)20-15(11-24-21(28)19-10-18(27)12-23-19)13-26(25-20)17-4-2-1-3-5-17/h1-9,13,18-19,23,27H,10-12H2,(H,24,28)/t18-,19-/m1/s1. The first-order chi connectivity index (χ1) is 13.6. The summed E-state index contributed by atoms with van der Waals surface area (Å²) in [5.74, 6) is -0.471. The fourth-order valence-corrected chi connectivity index (χ4v) is 3.33. The molecular weight excluding hydrogens is 359 g/mol. The fourth-order valence-electron chi connectivity index (χ4n) is 3.33. The number of nitrogens with one attached hydrogen (secondary N) is 2. The van der Waals surface area contributed by atoms with Crippen LogP contribution in [-0.4, -0.2) is 39.5 Å². The van der Waals surface area contributed by atoms with Crippen LogP contribution in [0.15, 0.2) is 60.8 Å². The molecule has 1 saturated heterocycles. The van der Waals surface area contributed by atoms with E-state index in [9.17, 15) is 14.3 Å². The average Bonchev–Trinajstić information content (AvgIpc) is 3.34. The van der Waals surface area contributed by atoms with Crippen molar-refractivity contribution in [1.29, 1.82) is 0 Å². The van der Waals surface area contributed by atoms with Gasteiger partial charge in [0.25, 0.3) is 0 Å². The molecule has 1 aliphatic rings. The smallest absolute Gasteiger partial charge is 0.237 e. The Morgan fingerprint density at radius 1 is 1.21 bits per heavy atom. The van der Waals surface area contributed by atoms with Crippen molar-refractivity contribution in [2.24, 2.45) is 0 Å². The van der Waals surface area contributed by atoms with E-state index in [-0.39, 0.29) is 18.3 Å². The highest BCUT2D eigenvalue weighted by atomic mass is 19.1. The number of amides is 1. The van der Waals surface area contributed by atoms with Crippen LogP contribution in [0.5, 0.6) is 0 Å². The summed E-state index contributed by atoms with van der Waals surface area (Å²) < 4.78 is 15.1. The van der Waals surface area contributed by atoms with Gasteiger partial charge in [-0.05, 0) is 42.8 Å². The maximum Gasteiger partial charge on any atom is 0.237 e. The monoisotopic (exact) mass is 380 g/mol. The zero-order chi connectivity index (χ0) is 19.5. The van der Waals surface area contributed by atoms with Gasteiger partial charge in [-0.3, -0.25) is 4.79 Å². The molecule has 6 nitrogen and oxygen atoms in total. The maximum atomic E-state index is 13.3. The molecule has 28 heavy (non-hydrogen) atoms. The number of β-amino-alcohol motifs (C(OH)–C–C–N with tert-alkyl or cyclic N) is 1. The van der Waals surface area contributed by atoms with Gasteiger partial charge in [0.15, 0.2) is 0 Å². The molecule has 144 valence electrons. The van der Waals surface area contributed by atoms with Crippen molar-refractivity contribution in [3.63, 3.8) is 0 Å². The Labute approximate surface area is 162 Å². The van der Waals surface area contributed by atoms with Gasteiger partial charge in [0.1, 0.15) is 5.82 Å². The third kappa shape index (κ3) is 3.95. The van der Waals surface area contributed by atoms with Crippen molar-refractivity contribution >= 4 is 5.91 Å². The van der Waals surface area contributed by atoms with Gasteiger partial charge in [-0.25, -0.2) is 9.07 Å². The van der Waals surface area contributed by atoms with Crippen LogP contribution in [0, 0.1) is 5.82 Å². The number of carbonyl (C=O) groups is 1. The summed E-state index contributed by atoms with van der Waals surface area (Å²) in [7, 11) is 0. The second kappa shape index (κ2) is 7.92. The number of aliphatic hydroxyl groups excluding tert-OH is 1. The molecule has 3 aromatic rings. The number of halogens is 1. The highest BCUT2D eigenvalue weighted by molar-refractivity contribution is 5.82. The molecule has 1 aliphatic heterocycles. The third-order valence-corrected chi connectivity index (χ3v) is 4.81. The second-order valence-electron chi connectivity index (χ2n) is 6.86. The zero-order valence-electron chi connectivity index (χ0n) is 15.2. The van der Waals surface area contributed by atoms with Crippen LogP contribution in [0.25, 0.3) is 16.9 Å².